The lowest BCUT2D eigenvalue weighted by atomic mass is 10.1. The Balaban J connectivity index is 2.04. The number of carbonyl (C=O) groups excluding carboxylic acids is 1. The number of halogens is 1. The van der Waals surface area contributed by atoms with Crippen molar-refractivity contribution in [2.75, 3.05) is 5.32 Å². The molecule has 0 spiro atoms. The Morgan fingerprint density at radius 1 is 1.10 bits per heavy atom. The molecule has 3 aromatic rings. The number of nitrogens with zero attached hydrogens (tertiary/aromatic N) is 1. The van der Waals surface area contributed by atoms with Crippen molar-refractivity contribution in [3.05, 3.63) is 70.9 Å². The topological polar surface area (TPSA) is 42.0 Å². The van der Waals surface area contributed by atoms with E-state index in [0.717, 1.165) is 16.6 Å². The van der Waals surface area contributed by atoms with Gasteiger partial charge in [0.05, 0.1) is 11.1 Å². The van der Waals surface area contributed by atoms with Crippen molar-refractivity contribution in [3.8, 4) is 0 Å². The maximum Gasteiger partial charge on any atom is 0.256 e. The van der Waals surface area contributed by atoms with Crippen LogP contribution in [-0.4, -0.2) is 10.9 Å². The van der Waals surface area contributed by atoms with Gasteiger partial charge >= 0.3 is 0 Å². The Bertz CT molecular complexity index is 830. The maximum atomic E-state index is 12.5. The number of aromatic nitrogens is 1. The summed E-state index contributed by atoms with van der Waals surface area (Å²) in [5.41, 5.74) is 3.03. The molecule has 0 atom stereocenters. The fourth-order valence-electron chi connectivity index (χ4n) is 2.23. The molecule has 4 heteroatoms. The Morgan fingerprint density at radius 2 is 1.81 bits per heavy atom. The monoisotopic (exact) mass is 296 g/mol. The molecule has 21 heavy (non-hydrogen) atoms. The first-order chi connectivity index (χ1) is 10.1. The molecular weight excluding hydrogens is 284 g/mol. The van der Waals surface area contributed by atoms with Crippen LogP contribution < -0.4 is 5.32 Å². The lowest BCUT2D eigenvalue weighted by molar-refractivity contribution is 0.102. The van der Waals surface area contributed by atoms with Crippen molar-refractivity contribution < 1.29 is 4.79 Å². The second kappa shape index (κ2) is 5.54. The largest absolute Gasteiger partial charge is 0.322 e. The Hall–Kier alpha value is -2.39. The number of hydrogen-bond acceptors (Lipinski definition) is 2. The van der Waals surface area contributed by atoms with E-state index in [1.54, 1.807) is 6.07 Å². The fraction of sp³-hybridized carbons (Fsp3) is 0.0588. The molecule has 0 saturated carbocycles. The molecule has 0 unspecified atom stereocenters. The van der Waals surface area contributed by atoms with Gasteiger partial charge < -0.3 is 5.32 Å². The summed E-state index contributed by atoms with van der Waals surface area (Å²) in [5.74, 6) is -0.190. The van der Waals surface area contributed by atoms with Crippen molar-refractivity contribution >= 4 is 34.1 Å². The van der Waals surface area contributed by atoms with Crippen molar-refractivity contribution in [1.29, 1.82) is 0 Å². The van der Waals surface area contributed by atoms with E-state index >= 15 is 0 Å². The normalized spacial score (nSPS) is 10.6. The summed E-state index contributed by atoms with van der Waals surface area (Å²) in [6.07, 6.45) is 0. The molecular formula is C17H13ClN2O. The summed E-state index contributed by atoms with van der Waals surface area (Å²) in [6, 6.07) is 16.7. The standard InChI is InChI=1S/C17H13ClN2O/c1-11-6-2-4-8-14(11)20-17(21)13-10-16(18)19-15-9-5-3-7-12(13)15/h2-10H,1H3,(H,20,21). The lowest BCUT2D eigenvalue weighted by Gasteiger charge is -2.10. The van der Waals surface area contributed by atoms with Gasteiger partial charge in [0.2, 0.25) is 0 Å². The van der Waals surface area contributed by atoms with Crippen LogP contribution in [0.15, 0.2) is 54.6 Å². The highest BCUT2D eigenvalue weighted by molar-refractivity contribution is 6.30. The zero-order chi connectivity index (χ0) is 14.8. The van der Waals surface area contributed by atoms with Crippen LogP contribution in [0.2, 0.25) is 5.15 Å². The van der Waals surface area contributed by atoms with Crippen molar-refractivity contribution in [1.82, 2.24) is 4.98 Å². The third kappa shape index (κ3) is 2.73. The molecule has 104 valence electrons. The van der Waals surface area contributed by atoms with E-state index in [9.17, 15) is 4.79 Å². The molecule has 0 fully saturated rings. The van der Waals surface area contributed by atoms with Gasteiger partial charge in [-0.05, 0) is 30.7 Å². The summed E-state index contributed by atoms with van der Waals surface area (Å²) in [7, 11) is 0. The highest BCUT2D eigenvalue weighted by Gasteiger charge is 2.13. The molecule has 0 radical (unpaired) electrons. The predicted octanol–water partition coefficient (Wildman–Crippen LogP) is 4.45. The van der Waals surface area contributed by atoms with Gasteiger partial charge in [-0.25, -0.2) is 4.98 Å². The first-order valence-corrected chi connectivity index (χ1v) is 6.95. The summed E-state index contributed by atoms with van der Waals surface area (Å²) >= 11 is 6.01. The van der Waals surface area contributed by atoms with Crippen molar-refractivity contribution in [2.24, 2.45) is 0 Å². The summed E-state index contributed by atoms with van der Waals surface area (Å²) < 4.78 is 0. The van der Waals surface area contributed by atoms with Crippen LogP contribution in [-0.2, 0) is 0 Å². The zero-order valence-corrected chi connectivity index (χ0v) is 12.2. The number of amides is 1. The second-order valence-corrected chi connectivity index (χ2v) is 5.17. The molecule has 1 aromatic heterocycles. The molecule has 0 aliphatic carbocycles. The number of hydrogen-bond donors (Lipinski definition) is 1. The fourth-order valence-corrected chi connectivity index (χ4v) is 2.43. The molecule has 1 N–H and O–H groups in total. The van der Waals surface area contributed by atoms with E-state index in [2.05, 4.69) is 10.3 Å². The van der Waals surface area contributed by atoms with Crippen LogP contribution in [0.1, 0.15) is 15.9 Å². The van der Waals surface area contributed by atoms with Gasteiger partial charge in [0, 0.05) is 11.1 Å². The third-order valence-electron chi connectivity index (χ3n) is 3.32. The number of carbonyl (C=O) groups is 1. The molecule has 3 rings (SSSR count). The molecule has 0 saturated heterocycles. The highest BCUT2D eigenvalue weighted by atomic mass is 35.5. The van der Waals surface area contributed by atoms with Gasteiger partial charge in [-0.1, -0.05) is 48.0 Å². The molecule has 3 nitrogen and oxygen atoms in total. The minimum Gasteiger partial charge on any atom is -0.322 e. The Labute approximate surface area is 127 Å². The van der Waals surface area contributed by atoms with Crippen LogP contribution >= 0.6 is 11.6 Å². The van der Waals surface area contributed by atoms with Gasteiger partial charge in [0.1, 0.15) is 5.15 Å². The van der Waals surface area contributed by atoms with E-state index in [4.69, 9.17) is 11.6 Å². The van der Waals surface area contributed by atoms with Gasteiger partial charge in [-0.2, -0.15) is 0 Å². The smallest absolute Gasteiger partial charge is 0.256 e. The predicted molar refractivity (Wildman–Crippen MR) is 85.9 cm³/mol. The number of nitrogens with one attached hydrogen (secondary N) is 1. The van der Waals surface area contributed by atoms with E-state index in [0.29, 0.717) is 16.2 Å². The second-order valence-electron chi connectivity index (χ2n) is 4.78. The van der Waals surface area contributed by atoms with E-state index in [1.165, 1.54) is 0 Å². The maximum absolute atomic E-state index is 12.5. The first kappa shape index (κ1) is 13.6. The molecule has 0 aliphatic heterocycles. The summed E-state index contributed by atoms with van der Waals surface area (Å²) in [6.45, 7) is 1.95. The molecule has 1 amide bonds. The SMILES string of the molecule is Cc1ccccc1NC(=O)c1cc(Cl)nc2ccccc12. The van der Waals surface area contributed by atoms with Crippen molar-refractivity contribution in [3.63, 3.8) is 0 Å². The van der Waals surface area contributed by atoms with Crippen LogP contribution in [0, 0.1) is 6.92 Å². The van der Waals surface area contributed by atoms with Gasteiger partial charge in [0.25, 0.3) is 5.91 Å². The minimum absolute atomic E-state index is 0.190. The molecule has 0 aliphatic rings. The van der Waals surface area contributed by atoms with Crippen LogP contribution in [0.25, 0.3) is 10.9 Å². The Morgan fingerprint density at radius 3 is 2.62 bits per heavy atom. The summed E-state index contributed by atoms with van der Waals surface area (Å²) in [4.78, 5) is 16.8. The van der Waals surface area contributed by atoms with Crippen LogP contribution in [0.4, 0.5) is 5.69 Å². The van der Waals surface area contributed by atoms with E-state index < -0.39 is 0 Å². The summed E-state index contributed by atoms with van der Waals surface area (Å²) in [5, 5.41) is 4.01. The Kier molecular flexibility index (Phi) is 3.59. The number of para-hydroxylation sites is 2. The number of rotatable bonds is 2. The zero-order valence-electron chi connectivity index (χ0n) is 11.4. The average Bonchev–Trinajstić information content (AvgIpc) is 2.48. The van der Waals surface area contributed by atoms with E-state index in [1.807, 2.05) is 55.5 Å². The number of benzene rings is 2. The number of fused-ring (bicyclic) bond motifs is 1. The van der Waals surface area contributed by atoms with Gasteiger partial charge in [-0.15, -0.1) is 0 Å². The molecule has 0 bridgehead atoms. The minimum atomic E-state index is -0.190. The lowest BCUT2D eigenvalue weighted by Crippen LogP contribution is -2.13. The first-order valence-electron chi connectivity index (χ1n) is 6.57. The molecule has 1 heterocycles. The quantitative estimate of drug-likeness (QED) is 0.710. The van der Waals surface area contributed by atoms with Crippen molar-refractivity contribution in [2.45, 2.75) is 6.92 Å². The van der Waals surface area contributed by atoms with Crippen LogP contribution in [0.3, 0.4) is 0 Å². The number of anilines is 1. The van der Waals surface area contributed by atoms with Crippen LogP contribution in [0.5, 0.6) is 0 Å². The third-order valence-corrected chi connectivity index (χ3v) is 3.52. The highest BCUT2D eigenvalue weighted by Crippen LogP contribution is 2.22. The number of aryl methyl sites for hydroxylation is 1. The molecule has 2 aromatic carbocycles. The number of pyridine rings is 1. The van der Waals surface area contributed by atoms with Gasteiger partial charge in [-0.3, -0.25) is 4.79 Å². The average molecular weight is 297 g/mol. The van der Waals surface area contributed by atoms with E-state index in [-0.39, 0.29) is 5.91 Å². The van der Waals surface area contributed by atoms with Gasteiger partial charge in [0.15, 0.2) is 0 Å².